The molecule has 6 heteroatoms. The van der Waals surface area contributed by atoms with Crippen LogP contribution in [0.1, 0.15) is 12.0 Å². The van der Waals surface area contributed by atoms with E-state index >= 15 is 0 Å². The average Bonchev–Trinajstić information content (AvgIpc) is 2.45. The average molecular weight is 278 g/mol. The molecule has 6 nitrogen and oxygen atoms in total. The van der Waals surface area contributed by atoms with E-state index < -0.39 is 0 Å². The van der Waals surface area contributed by atoms with Crippen LogP contribution < -0.4 is 16.4 Å². The fourth-order valence-electron chi connectivity index (χ4n) is 1.64. The molecule has 0 aliphatic carbocycles. The number of hydrogen-bond donors (Lipinski definition) is 3. The zero-order valence-corrected chi connectivity index (χ0v) is 12.0. The van der Waals surface area contributed by atoms with Crippen LogP contribution in [0.5, 0.6) is 0 Å². The fourth-order valence-corrected chi connectivity index (χ4v) is 1.64. The second kappa shape index (κ2) is 8.29. The number of likely N-dealkylation sites (N-methyl/N-ethyl adjacent to an activating group) is 2. The van der Waals surface area contributed by atoms with Crippen LogP contribution in [0.3, 0.4) is 0 Å². The third kappa shape index (κ3) is 5.81. The lowest BCUT2D eigenvalue weighted by Crippen LogP contribution is -2.34. The molecule has 110 valence electrons. The predicted octanol–water partition coefficient (Wildman–Crippen LogP) is 0.152. The van der Waals surface area contributed by atoms with Crippen LogP contribution in [0.25, 0.3) is 0 Å². The molecule has 0 saturated carbocycles. The maximum atomic E-state index is 11.8. The molecular weight excluding hydrogens is 256 g/mol. The number of rotatable bonds is 7. The molecule has 0 saturated heterocycles. The molecule has 0 unspecified atom stereocenters. The van der Waals surface area contributed by atoms with E-state index in [-0.39, 0.29) is 18.4 Å². The molecular formula is C14H22N4O2. The van der Waals surface area contributed by atoms with Crippen molar-refractivity contribution in [1.29, 1.82) is 0 Å². The van der Waals surface area contributed by atoms with Gasteiger partial charge in [0.2, 0.25) is 11.8 Å². The topological polar surface area (TPSA) is 87.5 Å². The quantitative estimate of drug-likeness (QED) is 0.662. The smallest absolute Gasteiger partial charge is 0.233 e. The highest BCUT2D eigenvalue weighted by atomic mass is 16.2. The Labute approximate surface area is 119 Å². The van der Waals surface area contributed by atoms with E-state index in [2.05, 4.69) is 10.6 Å². The van der Waals surface area contributed by atoms with Crippen LogP contribution in [-0.2, 0) is 16.1 Å². The molecule has 1 rings (SSSR count). The molecule has 1 aromatic rings. The molecule has 0 spiro atoms. The molecule has 0 atom stereocenters. The zero-order chi connectivity index (χ0) is 15.0. The van der Waals surface area contributed by atoms with Gasteiger partial charge in [-0.3, -0.25) is 14.5 Å². The van der Waals surface area contributed by atoms with Gasteiger partial charge in [-0.05, 0) is 24.7 Å². The molecule has 0 aromatic heterocycles. The van der Waals surface area contributed by atoms with Crippen LogP contribution in [0, 0.1) is 0 Å². The third-order valence-corrected chi connectivity index (χ3v) is 2.89. The molecule has 0 radical (unpaired) electrons. The molecule has 4 N–H and O–H groups in total. The Hall–Kier alpha value is -1.92. The Kier molecular flexibility index (Phi) is 6.69. The highest BCUT2D eigenvalue weighted by Crippen LogP contribution is 2.09. The SMILES string of the molecule is CNC(=O)CN(C)CCC(=O)Nc1ccc(CN)cc1. The van der Waals surface area contributed by atoms with Crippen molar-refractivity contribution in [3.05, 3.63) is 29.8 Å². The van der Waals surface area contributed by atoms with Crippen LogP contribution in [-0.4, -0.2) is 43.9 Å². The Balaban J connectivity index is 2.34. The summed E-state index contributed by atoms with van der Waals surface area (Å²) in [6, 6.07) is 7.42. The first-order chi connectivity index (χ1) is 9.55. The van der Waals surface area contributed by atoms with Gasteiger partial charge in [-0.1, -0.05) is 12.1 Å². The van der Waals surface area contributed by atoms with Crippen LogP contribution >= 0.6 is 0 Å². The summed E-state index contributed by atoms with van der Waals surface area (Å²) in [7, 11) is 3.40. The number of nitrogens with zero attached hydrogens (tertiary/aromatic N) is 1. The van der Waals surface area contributed by atoms with Gasteiger partial charge in [0.15, 0.2) is 0 Å². The standard InChI is InChI=1S/C14H22N4O2/c1-16-14(20)10-18(2)8-7-13(19)17-12-5-3-11(9-15)4-6-12/h3-6H,7-10,15H2,1-2H3,(H,16,20)(H,17,19). The van der Waals surface area contributed by atoms with Gasteiger partial charge in [0.1, 0.15) is 0 Å². The minimum absolute atomic E-state index is 0.0646. The number of anilines is 1. The second-order valence-electron chi connectivity index (χ2n) is 4.61. The van der Waals surface area contributed by atoms with Crippen LogP contribution in [0.4, 0.5) is 5.69 Å². The minimum Gasteiger partial charge on any atom is -0.358 e. The van der Waals surface area contributed by atoms with Gasteiger partial charge in [-0.15, -0.1) is 0 Å². The molecule has 1 aromatic carbocycles. The summed E-state index contributed by atoms with van der Waals surface area (Å²) >= 11 is 0. The minimum atomic E-state index is -0.0748. The van der Waals surface area contributed by atoms with Crippen LogP contribution in [0.15, 0.2) is 24.3 Å². The molecule has 0 aliphatic heterocycles. The Bertz CT molecular complexity index is 445. The molecule has 0 bridgehead atoms. The summed E-state index contributed by atoms with van der Waals surface area (Å²) in [4.78, 5) is 24.7. The normalized spacial score (nSPS) is 10.4. The number of carbonyl (C=O) groups is 2. The summed E-state index contributed by atoms with van der Waals surface area (Å²) in [6.07, 6.45) is 0.339. The van der Waals surface area contributed by atoms with Crippen molar-refractivity contribution in [2.24, 2.45) is 5.73 Å². The van der Waals surface area contributed by atoms with E-state index in [0.717, 1.165) is 11.3 Å². The maximum absolute atomic E-state index is 11.8. The van der Waals surface area contributed by atoms with E-state index in [4.69, 9.17) is 5.73 Å². The van der Waals surface area contributed by atoms with Crippen molar-refractivity contribution in [3.63, 3.8) is 0 Å². The maximum Gasteiger partial charge on any atom is 0.233 e. The molecule has 20 heavy (non-hydrogen) atoms. The lowest BCUT2D eigenvalue weighted by molar-refractivity contribution is -0.122. The van der Waals surface area contributed by atoms with Crippen molar-refractivity contribution in [3.8, 4) is 0 Å². The van der Waals surface area contributed by atoms with Gasteiger partial charge in [0, 0.05) is 32.2 Å². The van der Waals surface area contributed by atoms with Gasteiger partial charge in [-0.2, -0.15) is 0 Å². The Morgan fingerprint density at radius 2 is 1.85 bits per heavy atom. The van der Waals surface area contributed by atoms with Crippen molar-refractivity contribution in [2.45, 2.75) is 13.0 Å². The van der Waals surface area contributed by atoms with Gasteiger partial charge in [-0.25, -0.2) is 0 Å². The zero-order valence-electron chi connectivity index (χ0n) is 12.0. The summed E-state index contributed by atoms with van der Waals surface area (Å²) in [5.74, 6) is -0.139. The summed E-state index contributed by atoms with van der Waals surface area (Å²) in [6.45, 7) is 1.30. The number of amides is 2. The van der Waals surface area contributed by atoms with Crippen molar-refractivity contribution >= 4 is 17.5 Å². The molecule has 0 aliphatic rings. The monoisotopic (exact) mass is 278 g/mol. The highest BCUT2D eigenvalue weighted by Gasteiger charge is 2.07. The third-order valence-electron chi connectivity index (χ3n) is 2.89. The van der Waals surface area contributed by atoms with Gasteiger partial charge >= 0.3 is 0 Å². The summed E-state index contributed by atoms with van der Waals surface area (Å²) < 4.78 is 0. The lowest BCUT2D eigenvalue weighted by atomic mass is 10.2. The first-order valence-corrected chi connectivity index (χ1v) is 6.53. The fraction of sp³-hybridized carbons (Fsp3) is 0.429. The van der Waals surface area contributed by atoms with Gasteiger partial charge in [0.05, 0.1) is 6.54 Å². The van der Waals surface area contributed by atoms with E-state index in [1.54, 1.807) is 19.0 Å². The Morgan fingerprint density at radius 1 is 1.20 bits per heavy atom. The van der Waals surface area contributed by atoms with Gasteiger partial charge < -0.3 is 16.4 Å². The largest absolute Gasteiger partial charge is 0.358 e. The van der Waals surface area contributed by atoms with Crippen molar-refractivity contribution in [2.75, 3.05) is 32.5 Å². The lowest BCUT2D eigenvalue weighted by Gasteiger charge is -2.15. The number of carbonyl (C=O) groups excluding carboxylic acids is 2. The number of nitrogens with two attached hydrogens (primary N) is 1. The molecule has 2 amide bonds. The predicted molar refractivity (Wildman–Crippen MR) is 79.1 cm³/mol. The van der Waals surface area contributed by atoms with E-state index in [1.165, 1.54) is 0 Å². The van der Waals surface area contributed by atoms with Crippen molar-refractivity contribution in [1.82, 2.24) is 10.2 Å². The number of hydrogen-bond acceptors (Lipinski definition) is 4. The van der Waals surface area contributed by atoms with Gasteiger partial charge in [0.25, 0.3) is 0 Å². The van der Waals surface area contributed by atoms with E-state index in [0.29, 0.717) is 19.5 Å². The first kappa shape index (κ1) is 16.1. The van der Waals surface area contributed by atoms with Crippen molar-refractivity contribution < 1.29 is 9.59 Å². The molecule has 0 fully saturated rings. The second-order valence-corrected chi connectivity index (χ2v) is 4.61. The number of nitrogens with one attached hydrogen (secondary N) is 2. The highest BCUT2D eigenvalue weighted by molar-refractivity contribution is 5.90. The molecule has 0 heterocycles. The van der Waals surface area contributed by atoms with E-state index in [1.807, 2.05) is 24.3 Å². The summed E-state index contributed by atoms with van der Waals surface area (Å²) in [5.41, 5.74) is 7.28. The Morgan fingerprint density at radius 3 is 2.40 bits per heavy atom. The van der Waals surface area contributed by atoms with Crippen LogP contribution in [0.2, 0.25) is 0 Å². The number of benzene rings is 1. The van der Waals surface area contributed by atoms with E-state index in [9.17, 15) is 9.59 Å². The first-order valence-electron chi connectivity index (χ1n) is 6.53. The summed E-state index contributed by atoms with van der Waals surface area (Å²) in [5, 5.41) is 5.35.